The fourth-order valence-corrected chi connectivity index (χ4v) is 2.87. The average molecular weight is 490 g/mol. The zero-order chi connectivity index (χ0) is 19.2. The molecule has 0 saturated carbocycles. The lowest BCUT2D eigenvalue weighted by Crippen LogP contribution is -2.45. The van der Waals surface area contributed by atoms with Crippen LogP contribution in [0.3, 0.4) is 0 Å². The summed E-state index contributed by atoms with van der Waals surface area (Å²) in [6.07, 6.45) is 3.94. The summed E-state index contributed by atoms with van der Waals surface area (Å²) in [5.74, 6) is 1.85. The van der Waals surface area contributed by atoms with Gasteiger partial charge in [0.1, 0.15) is 5.82 Å². The van der Waals surface area contributed by atoms with Gasteiger partial charge in [0.25, 0.3) is 0 Å². The van der Waals surface area contributed by atoms with E-state index in [-0.39, 0.29) is 24.0 Å². The molecule has 0 radical (unpaired) electrons. The zero-order valence-corrected chi connectivity index (χ0v) is 20.0. The first-order chi connectivity index (χ1) is 12.5. The Hall–Kier alpha value is -1.09. The lowest BCUT2D eigenvalue weighted by atomic mass is 10.2. The number of anilines is 1. The van der Waals surface area contributed by atoms with E-state index in [1.54, 1.807) is 6.20 Å². The largest absolute Gasteiger partial charge is 0.370 e. The van der Waals surface area contributed by atoms with Crippen molar-refractivity contribution < 1.29 is 0 Å². The van der Waals surface area contributed by atoms with Gasteiger partial charge < -0.3 is 16.0 Å². The molecular weight excluding hydrogens is 451 g/mol. The van der Waals surface area contributed by atoms with Crippen LogP contribution in [0.2, 0.25) is 0 Å². The second-order valence-electron chi connectivity index (χ2n) is 6.96. The second kappa shape index (κ2) is 15.9. The Morgan fingerprint density at radius 1 is 1.07 bits per heavy atom. The molecular formula is C20H39IN6. The van der Waals surface area contributed by atoms with Crippen molar-refractivity contribution in [3.63, 3.8) is 0 Å². The predicted octanol–water partition coefficient (Wildman–Crippen LogP) is 3.57. The first kappa shape index (κ1) is 25.9. The molecule has 156 valence electrons. The zero-order valence-electron chi connectivity index (χ0n) is 17.7. The van der Waals surface area contributed by atoms with Crippen molar-refractivity contribution in [2.24, 2.45) is 4.99 Å². The molecule has 6 nitrogen and oxygen atoms in total. The molecule has 1 aromatic rings. The highest BCUT2D eigenvalue weighted by atomic mass is 127. The van der Waals surface area contributed by atoms with Crippen LogP contribution < -0.4 is 16.0 Å². The summed E-state index contributed by atoms with van der Waals surface area (Å²) in [6, 6.07) is 7.03. The number of hydrogen-bond donors (Lipinski definition) is 3. The number of hydrogen-bond acceptors (Lipinski definition) is 4. The number of nitrogens with one attached hydrogen (secondary N) is 3. The van der Waals surface area contributed by atoms with Crippen LogP contribution in [0.4, 0.5) is 5.82 Å². The first-order valence-corrected chi connectivity index (χ1v) is 9.97. The van der Waals surface area contributed by atoms with E-state index < -0.39 is 0 Å². The Morgan fingerprint density at radius 3 is 2.41 bits per heavy atom. The monoisotopic (exact) mass is 490 g/mol. The lowest BCUT2D eigenvalue weighted by Gasteiger charge is -2.30. The molecule has 0 spiro atoms. The van der Waals surface area contributed by atoms with Crippen molar-refractivity contribution in [3.05, 3.63) is 24.4 Å². The molecule has 0 fully saturated rings. The highest BCUT2D eigenvalue weighted by molar-refractivity contribution is 14.0. The molecule has 0 unspecified atom stereocenters. The van der Waals surface area contributed by atoms with Gasteiger partial charge in [-0.05, 0) is 59.6 Å². The van der Waals surface area contributed by atoms with Crippen LogP contribution in [0, 0.1) is 0 Å². The predicted molar refractivity (Wildman–Crippen MR) is 128 cm³/mol. The van der Waals surface area contributed by atoms with E-state index in [1.165, 1.54) is 0 Å². The van der Waals surface area contributed by atoms with E-state index in [9.17, 15) is 0 Å². The van der Waals surface area contributed by atoms with Crippen molar-refractivity contribution in [1.82, 2.24) is 20.5 Å². The normalized spacial score (nSPS) is 11.6. The molecule has 27 heavy (non-hydrogen) atoms. The topological polar surface area (TPSA) is 64.6 Å². The smallest absolute Gasteiger partial charge is 0.191 e. The molecule has 0 aliphatic carbocycles. The van der Waals surface area contributed by atoms with Gasteiger partial charge in [-0.3, -0.25) is 9.89 Å². The molecule has 0 bridgehead atoms. The number of nitrogens with zero attached hydrogens (tertiary/aromatic N) is 3. The summed E-state index contributed by atoms with van der Waals surface area (Å²) < 4.78 is 0. The third-order valence-corrected chi connectivity index (χ3v) is 4.16. The van der Waals surface area contributed by atoms with Gasteiger partial charge in [-0.25, -0.2) is 4.98 Å². The molecule has 3 N–H and O–H groups in total. The van der Waals surface area contributed by atoms with Crippen molar-refractivity contribution in [1.29, 1.82) is 0 Å². The van der Waals surface area contributed by atoms with Gasteiger partial charge in [-0.1, -0.05) is 6.07 Å². The van der Waals surface area contributed by atoms with Gasteiger partial charge in [0.05, 0.1) is 0 Å². The molecule has 0 atom stereocenters. The van der Waals surface area contributed by atoms with Gasteiger partial charge in [-0.2, -0.15) is 0 Å². The molecule has 1 rings (SSSR count). The minimum absolute atomic E-state index is 0. The third kappa shape index (κ3) is 12.1. The summed E-state index contributed by atoms with van der Waals surface area (Å²) in [5.41, 5.74) is 0. The number of guanidine groups is 1. The summed E-state index contributed by atoms with van der Waals surface area (Å²) in [6.45, 7) is 15.7. The Labute approximate surface area is 183 Å². The maximum atomic E-state index is 4.68. The number of pyridine rings is 1. The van der Waals surface area contributed by atoms with Crippen molar-refractivity contribution in [2.75, 3.05) is 38.0 Å². The average Bonchev–Trinajstić information content (AvgIpc) is 2.61. The number of halogens is 1. The van der Waals surface area contributed by atoms with Gasteiger partial charge in [0.15, 0.2) is 5.96 Å². The molecule has 1 heterocycles. The molecule has 0 amide bonds. The maximum Gasteiger partial charge on any atom is 0.191 e. The molecule has 0 aliphatic heterocycles. The molecule has 1 aromatic heterocycles. The Morgan fingerprint density at radius 2 is 1.81 bits per heavy atom. The summed E-state index contributed by atoms with van der Waals surface area (Å²) >= 11 is 0. The Kier molecular flexibility index (Phi) is 15.3. The van der Waals surface area contributed by atoms with Crippen LogP contribution in [0.5, 0.6) is 0 Å². The van der Waals surface area contributed by atoms with Gasteiger partial charge in [-0.15, -0.1) is 24.0 Å². The fraction of sp³-hybridized carbons (Fsp3) is 0.700. The number of unbranched alkanes of at least 4 members (excludes halogenated alkanes) is 1. The molecule has 0 saturated heterocycles. The van der Waals surface area contributed by atoms with Crippen LogP contribution in [0.15, 0.2) is 29.4 Å². The molecule has 0 aromatic carbocycles. The quantitative estimate of drug-likeness (QED) is 0.181. The van der Waals surface area contributed by atoms with Crippen LogP contribution >= 0.6 is 24.0 Å². The minimum atomic E-state index is 0. The number of rotatable bonds is 12. The number of aliphatic imine (C=N–C) groups is 1. The van der Waals surface area contributed by atoms with Crippen molar-refractivity contribution in [3.8, 4) is 0 Å². The SMILES string of the molecule is CCNC(=NCCCCNc1ccccn1)NCCN(C(C)C)C(C)C.I. The number of aromatic nitrogens is 1. The van der Waals surface area contributed by atoms with E-state index in [0.29, 0.717) is 12.1 Å². The van der Waals surface area contributed by atoms with Crippen LogP contribution in [0.25, 0.3) is 0 Å². The lowest BCUT2D eigenvalue weighted by molar-refractivity contribution is 0.178. The minimum Gasteiger partial charge on any atom is -0.370 e. The highest BCUT2D eigenvalue weighted by Gasteiger charge is 2.12. The summed E-state index contributed by atoms with van der Waals surface area (Å²) in [7, 11) is 0. The van der Waals surface area contributed by atoms with Crippen molar-refractivity contribution >= 4 is 35.8 Å². The van der Waals surface area contributed by atoms with Gasteiger partial charge in [0, 0.05) is 51.0 Å². The van der Waals surface area contributed by atoms with Gasteiger partial charge in [0.2, 0.25) is 0 Å². The standard InChI is InChI=1S/C20H38N6.HI/c1-6-21-20(25-15-16-26(17(2)3)18(4)5)24-14-10-9-13-23-19-11-7-8-12-22-19;/h7-8,11-12,17-18H,6,9-10,13-16H2,1-5H3,(H,22,23)(H2,21,24,25);1H. The van der Waals surface area contributed by atoms with Crippen LogP contribution in [-0.4, -0.2) is 60.7 Å². The Bertz CT molecular complexity index is 485. The summed E-state index contributed by atoms with van der Waals surface area (Å²) in [4.78, 5) is 11.4. The van der Waals surface area contributed by atoms with E-state index in [4.69, 9.17) is 0 Å². The van der Waals surface area contributed by atoms with Gasteiger partial charge >= 0.3 is 0 Å². The Balaban J connectivity index is 0.00000676. The van der Waals surface area contributed by atoms with E-state index in [2.05, 4.69) is 65.4 Å². The highest BCUT2D eigenvalue weighted by Crippen LogP contribution is 2.03. The summed E-state index contributed by atoms with van der Waals surface area (Å²) in [5, 5.41) is 10.1. The van der Waals surface area contributed by atoms with E-state index in [1.807, 2.05) is 18.2 Å². The molecule has 0 aliphatic rings. The molecule has 7 heteroatoms. The van der Waals surface area contributed by atoms with E-state index >= 15 is 0 Å². The van der Waals surface area contributed by atoms with E-state index in [0.717, 1.165) is 57.3 Å². The second-order valence-corrected chi connectivity index (χ2v) is 6.96. The maximum absolute atomic E-state index is 4.68. The van der Waals surface area contributed by atoms with Crippen LogP contribution in [-0.2, 0) is 0 Å². The first-order valence-electron chi connectivity index (χ1n) is 9.97. The third-order valence-electron chi connectivity index (χ3n) is 4.16. The van der Waals surface area contributed by atoms with Crippen molar-refractivity contribution in [2.45, 2.75) is 59.5 Å². The fourth-order valence-electron chi connectivity index (χ4n) is 2.87. The van der Waals surface area contributed by atoms with Crippen LogP contribution in [0.1, 0.15) is 47.5 Å².